The third-order valence-corrected chi connectivity index (χ3v) is 10.3. The van der Waals surface area contributed by atoms with Crippen LogP contribution in [0.4, 0.5) is 5.69 Å². The van der Waals surface area contributed by atoms with E-state index in [0.717, 1.165) is 15.4 Å². The fourth-order valence-electron chi connectivity index (χ4n) is 4.97. The molecule has 0 bridgehead atoms. The molecule has 1 N–H and O–H groups in total. The first-order chi connectivity index (χ1) is 21.9. The van der Waals surface area contributed by atoms with Crippen molar-refractivity contribution in [2.45, 2.75) is 51.1 Å². The van der Waals surface area contributed by atoms with Gasteiger partial charge in [-0.25, -0.2) is 8.42 Å². The summed E-state index contributed by atoms with van der Waals surface area (Å²) in [7, 11) is -4.26. The molecule has 4 aromatic carbocycles. The van der Waals surface area contributed by atoms with E-state index in [9.17, 15) is 18.0 Å². The number of anilines is 1. The van der Waals surface area contributed by atoms with Gasteiger partial charge in [-0.2, -0.15) is 0 Å². The van der Waals surface area contributed by atoms with Gasteiger partial charge in [-0.05, 0) is 73.4 Å². The Morgan fingerprint density at radius 3 is 2.20 bits per heavy atom. The molecule has 7 nitrogen and oxygen atoms in total. The lowest BCUT2D eigenvalue weighted by atomic mass is 10.0. The van der Waals surface area contributed by atoms with E-state index in [0.29, 0.717) is 39.2 Å². The predicted molar refractivity (Wildman–Crippen MR) is 186 cm³/mol. The molecule has 4 rings (SSSR count). The van der Waals surface area contributed by atoms with Crippen LogP contribution in [0.15, 0.2) is 95.9 Å². The molecule has 0 spiro atoms. The highest BCUT2D eigenvalue weighted by Gasteiger charge is 2.35. The van der Waals surface area contributed by atoms with Crippen LogP contribution >= 0.6 is 34.8 Å². The van der Waals surface area contributed by atoms with E-state index in [1.807, 2.05) is 44.2 Å². The quantitative estimate of drug-likeness (QED) is 0.156. The van der Waals surface area contributed by atoms with Gasteiger partial charge in [-0.1, -0.05) is 102 Å². The lowest BCUT2D eigenvalue weighted by Gasteiger charge is -2.34. The van der Waals surface area contributed by atoms with Crippen molar-refractivity contribution in [3.8, 4) is 0 Å². The molecule has 1 atom stereocenters. The lowest BCUT2D eigenvalue weighted by Crippen LogP contribution is -2.53. The lowest BCUT2D eigenvalue weighted by molar-refractivity contribution is -0.140. The van der Waals surface area contributed by atoms with E-state index in [1.54, 1.807) is 55.5 Å². The highest BCUT2D eigenvalue weighted by Crippen LogP contribution is 2.32. The smallest absolute Gasteiger partial charge is 0.264 e. The van der Waals surface area contributed by atoms with Crippen molar-refractivity contribution >= 4 is 62.3 Å². The molecule has 0 aromatic heterocycles. The number of hydrogen-bond acceptors (Lipinski definition) is 4. The van der Waals surface area contributed by atoms with Crippen molar-refractivity contribution in [1.29, 1.82) is 0 Å². The Balaban J connectivity index is 1.85. The van der Waals surface area contributed by atoms with Gasteiger partial charge < -0.3 is 10.2 Å². The second-order valence-corrected chi connectivity index (χ2v) is 14.1. The Morgan fingerprint density at radius 1 is 0.848 bits per heavy atom. The third-order valence-electron chi connectivity index (χ3n) is 7.57. The molecule has 242 valence electrons. The topological polar surface area (TPSA) is 86.8 Å². The largest absolute Gasteiger partial charge is 0.354 e. The monoisotopic (exact) mass is 699 g/mol. The van der Waals surface area contributed by atoms with E-state index < -0.39 is 28.5 Å². The van der Waals surface area contributed by atoms with Crippen LogP contribution in [-0.4, -0.2) is 44.3 Å². The summed E-state index contributed by atoms with van der Waals surface area (Å²) in [6.07, 6.45) is 0.881. The summed E-state index contributed by atoms with van der Waals surface area (Å²) < 4.78 is 29.6. The number of rotatable bonds is 13. The Labute approximate surface area is 286 Å². The molecule has 0 heterocycles. The number of nitrogens with zero attached hydrogens (tertiary/aromatic N) is 2. The van der Waals surface area contributed by atoms with Crippen LogP contribution in [0.25, 0.3) is 0 Å². The number of aryl methyl sites for hydroxylation is 1. The van der Waals surface area contributed by atoms with Gasteiger partial charge in [0.1, 0.15) is 12.6 Å². The fourth-order valence-corrected chi connectivity index (χ4v) is 7.08. The zero-order valence-electron chi connectivity index (χ0n) is 25.8. The Hall–Kier alpha value is -3.56. The van der Waals surface area contributed by atoms with Gasteiger partial charge >= 0.3 is 0 Å². The first-order valence-electron chi connectivity index (χ1n) is 14.8. The molecule has 0 saturated carbocycles. The Kier molecular flexibility index (Phi) is 12.1. The highest BCUT2D eigenvalue weighted by atomic mass is 35.5. The summed E-state index contributed by atoms with van der Waals surface area (Å²) in [5, 5.41) is 4.00. The number of benzene rings is 4. The molecule has 46 heavy (non-hydrogen) atoms. The van der Waals surface area contributed by atoms with E-state index in [4.69, 9.17) is 34.8 Å². The van der Waals surface area contributed by atoms with Crippen molar-refractivity contribution in [2.75, 3.05) is 17.4 Å². The summed E-state index contributed by atoms with van der Waals surface area (Å²) in [5.74, 6) is -0.968. The SMILES string of the molecule is CCCNC(=O)[C@H](Cc1ccccc1)N(Cc1ccc(Cl)cc1Cl)C(=O)CN(c1cccc(Cl)c1C)S(=O)(=O)c1ccc(C)cc1. The molecule has 2 amide bonds. The highest BCUT2D eigenvalue weighted by molar-refractivity contribution is 7.92. The number of hydrogen-bond donors (Lipinski definition) is 1. The zero-order valence-corrected chi connectivity index (χ0v) is 28.9. The number of sulfonamides is 1. The van der Waals surface area contributed by atoms with Crippen LogP contribution in [0.5, 0.6) is 0 Å². The van der Waals surface area contributed by atoms with Crippen molar-refractivity contribution in [2.24, 2.45) is 0 Å². The summed E-state index contributed by atoms with van der Waals surface area (Å²) in [6, 6.07) is 24.5. The molecule has 11 heteroatoms. The predicted octanol–water partition coefficient (Wildman–Crippen LogP) is 7.63. The second kappa shape index (κ2) is 15.8. The summed E-state index contributed by atoms with van der Waals surface area (Å²) in [6.45, 7) is 5.22. The van der Waals surface area contributed by atoms with Crippen molar-refractivity contribution < 1.29 is 18.0 Å². The molecule has 4 aromatic rings. The number of nitrogens with one attached hydrogen (secondary N) is 1. The van der Waals surface area contributed by atoms with E-state index >= 15 is 0 Å². The molecular formula is C35H36Cl3N3O4S. The van der Waals surface area contributed by atoms with Crippen LogP contribution in [0, 0.1) is 13.8 Å². The minimum absolute atomic E-state index is 0.0131. The molecular weight excluding hydrogens is 665 g/mol. The van der Waals surface area contributed by atoms with Gasteiger partial charge in [0.15, 0.2) is 0 Å². The number of halogens is 3. The summed E-state index contributed by atoms with van der Waals surface area (Å²) in [5.41, 5.74) is 3.00. The first-order valence-corrected chi connectivity index (χ1v) is 17.4. The maximum Gasteiger partial charge on any atom is 0.264 e. The van der Waals surface area contributed by atoms with Crippen LogP contribution in [-0.2, 0) is 32.6 Å². The van der Waals surface area contributed by atoms with Crippen molar-refractivity contribution in [3.05, 3.63) is 128 Å². The molecule has 0 radical (unpaired) electrons. The Morgan fingerprint density at radius 2 is 1.54 bits per heavy atom. The van der Waals surface area contributed by atoms with Crippen LogP contribution in [0.3, 0.4) is 0 Å². The maximum absolute atomic E-state index is 14.6. The molecule has 0 saturated heterocycles. The molecule has 0 unspecified atom stereocenters. The minimum atomic E-state index is -4.26. The van der Waals surface area contributed by atoms with Gasteiger partial charge in [-0.15, -0.1) is 0 Å². The van der Waals surface area contributed by atoms with Crippen molar-refractivity contribution in [3.63, 3.8) is 0 Å². The average molecular weight is 701 g/mol. The second-order valence-electron chi connectivity index (χ2n) is 11.0. The minimum Gasteiger partial charge on any atom is -0.354 e. The van der Waals surface area contributed by atoms with E-state index in [-0.39, 0.29) is 29.5 Å². The standard InChI is InChI=1S/C35H36Cl3N3O4S/c1-4-19-39-35(43)33(20-26-9-6-5-7-10-26)40(22-27-15-16-28(36)21-31(27)38)34(42)23-41(32-12-8-11-30(37)25(32)3)46(44,45)29-17-13-24(2)14-18-29/h5-18,21,33H,4,19-20,22-23H2,1-3H3,(H,39,43)/t33-/m0/s1. The average Bonchev–Trinajstić information content (AvgIpc) is 3.03. The van der Waals surface area contributed by atoms with E-state index in [2.05, 4.69) is 5.32 Å². The van der Waals surface area contributed by atoms with Gasteiger partial charge in [0.25, 0.3) is 10.0 Å². The number of carbonyl (C=O) groups excluding carboxylic acids is 2. The molecule has 0 aliphatic heterocycles. The summed E-state index contributed by atoms with van der Waals surface area (Å²) >= 11 is 19.2. The first kappa shape index (κ1) is 35.3. The van der Waals surface area contributed by atoms with Crippen LogP contribution in [0.1, 0.15) is 35.6 Å². The van der Waals surface area contributed by atoms with Crippen LogP contribution < -0.4 is 9.62 Å². The van der Waals surface area contributed by atoms with Gasteiger partial charge in [0, 0.05) is 34.6 Å². The zero-order chi connectivity index (χ0) is 33.4. The van der Waals surface area contributed by atoms with Gasteiger partial charge in [-0.3, -0.25) is 13.9 Å². The van der Waals surface area contributed by atoms with Gasteiger partial charge in [0.2, 0.25) is 11.8 Å². The molecule has 0 aliphatic carbocycles. The molecule has 0 fully saturated rings. The maximum atomic E-state index is 14.6. The summed E-state index contributed by atoms with van der Waals surface area (Å²) in [4.78, 5) is 29.8. The van der Waals surface area contributed by atoms with Gasteiger partial charge in [0.05, 0.1) is 10.6 Å². The van der Waals surface area contributed by atoms with E-state index in [1.165, 1.54) is 17.0 Å². The number of amides is 2. The van der Waals surface area contributed by atoms with Crippen LogP contribution in [0.2, 0.25) is 15.1 Å². The normalized spacial score (nSPS) is 12.0. The number of carbonyl (C=O) groups is 2. The fraction of sp³-hybridized carbons (Fsp3) is 0.257. The molecule has 0 aliphatic rings. The third kappa shape index (κ3) is 8.62. The Bertz CT molecular complexity index is 1790. The van der Waals surface area contributed by atoms with Crippen molar-refractivity contribution in [1.82, 2.24) is 10.2 Å².